The molecule has 1 fully saturated rings. The third-order valence-electron chi connectivity index (χ3n) is 3.42. The minimum Gasteiger partial charge on any atom is -0.481 e. The van der Waals surface area contributed by atoms with Gasteiger partial charge in [-0.1, -0.05) is 19.8 Å². The van der Waals surface area contributed by atoms with E-state index in [1.54, 1.807) is 0 Å². The summed E-state index contributed by atoms with van der Waals surface area (Å²) >= 11 is 0. The minimum atomic E-state index is -4.71. The van der Waals surface area contributed by atoms with Crippen LogP contribution in [0.3, 0.4) is 0 Å². The number of halogens is 3. The molecular formula is C11H18F3NO4S. The average molecular weight is 317 g/mol. The van der Waals surface area contributed by atoms with E-state index in [2.05, 4.69) is 0 Å². The molecule has 1 saturated heterocycles. The number of unbranched alkanes of at least 4 members (excludes halogenated alkanes) is 2. The molecule has 1 N–H and O–H groups in total. The summed E-state index contributed by atoms with van der Waals surface area (Å²) in [5, 5.41) is 8.82. The Bertz CT molecular complexity index is 449. The Kier molecular flexibility index (Phi) is 5.42. The van der Waals surface area contributed by atoms with E-state index in [9.17, 15) is 26.4 Å². The summed E-state index contributed by atoms with van der Waals surface area (Å²) in [7, 11) is -3.82. The van der Waals surface area contributed by atoms with Crippen molar-refractivity contribution in [2.75, 3.05) is 18.8 Å². The van der Waals surface area contributed by atoms with Crippen LogP contribution in [0.5, 0.6) is 0 Å². The Balaban J connectivity index is 2.82. The number of alkyl halides is 3. The lowest BCUT2D eigenvalue weighted by molar-refractivity contribution is -0.187. The van der Waals surface area contributed by atoms with Crippen LogP contribution < -0.4 is 0 Å². The van der Waals surface area contributed by atoms with Gasteiger partial charge in [-0.05, 0) is 6.42 Å². The normalized spacial score (nSPS) is 25.0. The predicted molar refractivity (Wildman–Crippen MR) is 65.6 cm³/mol. The van der Waals surface area contributed by atoms with Crippen LogP contribution in [0.15, 0.2) is 0 Å². The molecule has 5 nitrogen and oxygen atoms in total. The highest BCUT2D eigenvalue weighted by atomic mass is 32.2. The summed E-state index contributed by atoms with van der Waals surface area (Å²) in [5.41, 5.74) is 0. The molecule has 20 heavy (non-hydrogen) atoms. The number of nitrogens with zero attached hydrogens (tertiary/aromatic N) is 1. The zero-order chi connectivity index (χ0) is 15.6. The van der Waals surface area contributed by atoms with Crippen molar-refractivity contribution in [1.82, 2.24) is 4.31 Å². The van der Waals surface area contributed by atoms with Crippen LogP contribution >= 0.6 is 0 Å². The maximum absolute atomic E-state index is 12.8. The van der Waals surface area contributed by atoms with Crippen molar-refractivity contribution in [3.05, 3.63) is 0 Å². The third kappa shape index (κ3) is 4.08. The highest BCUT2D eigenvalue weighted by Gasteiger charge is 2.54. The number of carboxylic acid groups (broad SMARTS) is 1. The Labute approximate surface area is 115 Å². The number of hydrogen-bond acceptors (Lipinski definition) is 3. The maximum Gasteiger partial charge on any atom is 0.393 e. The molecule has 118 valence electrons. The van der Waals surface area contributed by atoms with Crippen LogP contribution in [0.2, 0.25) is 0 Å². The number of rotatable bonds is 6. The molecule has 0 radical (unpaired) electrons. The molecule has 1 rings (SSSR count). The van der Waals surface area contributed by atoms with Crippen LogP contribution in [-0.2, 0) is 14.8 Å². The third-order valence-corrected chi connectivity index (χ3v) is 5.31. The number of carboxylic acids is 1. The fourth-order valence-electron chi connectivity index (χ4n) is 2.24. The monoisotopic (exact) mass is 317 g/mol. The molecule has 0 aromatic rings. The summed E-state index contributed by atoms with van der Waals surface area (Å²) in [5.74, 6) is -5.71. The van der Waals surface area contributed by atoms with Crippen LogP contribution in [0.1, 0.15) is 26.2 Å². The van der Waals surface area contributed by atoms with Crippen molar-refractivity contribution in [3.8, 4) is 0 Å². The first-order valence-corrected chi connectivity index (χ1v) is 7.98. The van der Waals surface area contributed by atoms with Gasteiger partial charge in [0, 0.05) is 13.1 Å². The Morgan fingerprint density at radius 2 is 1.90 bits per heavy atom. The zero-order valence-corrected chi connectivity index (χ0v) is 11.9. The van der Waals surface area contributed by atoms with Gasteiger partial charge in [-0.3, -0.25) is 4.79 Å². The molecular weight excluding hydrogens is 299 g/mol. The van der Waals surface area contributed by atoms with Gasteiger partial charge in [0.1, 0.15) is 0 Å². The van der Waals surface area contributed by atoms with E-state index in [4.69, 9.17) is 5.11 Å². The van der Waals surface area contributed by atoms with Crippen molar-refractivity contribution in [3.63, 3.8) is 0 Å². The first-order chi connectivity index (χ1) is 9.09. The second-order valence-corrected chi connectivity index (χ2v) is 7.02. The van der Waals surface area contributed by atoms with Crippen molar-refractivity contribution in [1.29, 1.82) is 0 Å². The first-order valence-electron chi connectivity index (χ1n) is 6.37. The van der Waals surface area contributed by atoms with Crippen molar-refractivity contribution < 1.29 is 31.5 Å². The Morgan fingerprint density at radius 3 is 2.30 bits per heavy atom. The summed E-state index contributed by atoms with van der Waals surface area (Å²) in [6, 6.07) is 0. The van der Waals surface area contributed by atoms with Crippen LogP contribution in [0, 0.1) is 11.8 Å². The molecule has 0 unspecified atom stereocenters. The topological polar surface area (TPSA) is 74.7 Å². The molecule has 1 heterocycles. The van der Waals surface area contributed by atoms with E-state index in [-0.39, 0.29) is 5.75 Å². The van der Waals surface area contributed by atoms with Gasteiger partial charge in [0.15, 0.2) is 0 Å². The van der Waals surface area contributed by atoms with E-state index in [1.165, 1.54) is 0 Å². The highest BCUT2D eigenvalue weighted by molar-refractivity contribution is 7.89. The van der Waals surface area contributed by atoms with Crippen LogP contribution in [-0.4, -0.2) is 48.8 Å². The Morgan fingerprint density at radius 1 is 1.30 bits per heavy atom. The quantitative estimate of drug-likeness (QED) is 0.757. The molecule has 2 atom stereocenters. The van der Waals surface area contributed by atoms with E-state index in [0.717, 1.165) is 6.42 Å². The number of carbonyl (C=O) groups is 1. The van der Waals surface area contributed by atoms with E-state index in [0.29, 0.717) is 17.1 Å². The lowest BCUT2D eigenvalue weighted by atomic mass is 9.96. The molecule has 0 aliphatic carbocycles. The number of aliphatic carboxylic acids is 1. The van der Waals surface area contributed by atoms with Crippen molar-refractivity contribution >= 4 is 16.0 Å². The van der Waals surface area contributed by atoms with Gasteiger partial charge < -0.3 is 5.11 Å². The molecule has 9 heteroatoms. The summed E-state index contributed by atoms with van der Waals surface area (Å²) in [6.07, 6.45) is -2.89. The van der Waals surface area contributed by atoms with Gasteiger partial charge in [0.25, 0.3) is 0 Å². The van der Waals surface area contributed by atoms with Crippen molar-refractivity contribution in [2.24, 2.45) is 11.8 Å². The van der Waals surface area contributed by atoms with Gasteiger partial charge in [-0.15, -0.1) is 0 Å². The number of sulfonamides is 1. The standard InChI is InChI=1S/C11H18F3NO4S/c1-2-3-4-5-20(18,19)15-6-8(10(16)17)9(7-15)11(12,13)14/h8-9H,2-7H2,1H3,(H,16,17)/t8-,9-/m1/s1. The molecule has 0 aromatic heterocycles. The van der Waals surface area contributed by atoms with Gasteiger partial charge in [-0.25, -0.2) is 12.7 Å². The second kappa shape index (κ2) is 6.30. The highest BCUT2D eigenvalue weighted by Crippen LogP contribution is 2.38. The summed E-state index contributed by atoms with van der Waals surface area (Å²) in [4.78, 5) is 10.9. The average Bonchev–Trinajstić information content (AvgIpc) is 2.74. The molecule has 0 amide bonds. The van der Waals surface area contributed by atoms with Gasteiger partial charge in [0.05, 0.1) is 17.6 Å². The van der Waals surface area contributed by atoms with Crippen molar-refractivity contribution in [2.45, 2.75) is 32.4 Å². The lowest BCUT2D eigenvalue weighted by Gasteiger charge is -2.18. The van der Waals surface area contributed by atoms with Gasteiger partial charge in [-0.2, -0.15) is 13.2 Å². The smallest absolute Gasteiger partial charge is 0.393 e. The molecule has 0 saturated carbocycles. The van der Waals surface area contributed by atoms with E-state index < -0.39 is 47.1 Å². The molecule has 0 bridgehead atoms. The van der Waals surface area contributed by atoms with Crippen LogP contribution in [0.25, 0.3) is 0 Å². The summed E-state index contributed by atoms with van der Waals surface area (Å²) < 4.78 is 62.8. The lowest BCUT2D eigenvalue weighted by Crippen LogP contribution is -2.34. The molecule has 0 spiro atoms. The SMILES string of the molecule is CCCCCS(=O)(=O)N1C[C@@H](C(F)(F)F)[C@H](C(=O)O)C1. The fourth-order valence-corrected chi connectivity index (χ4v) is 3.84. The zero-order valence-electron chi connectivity index (χ0n) is 11.1. The van der Waals surface area contributed by atoms with E-state index >= 15 is 0 Å². The largest absolute Gasteiger partial charge is 0.481 e. The molecule has 0 aromatic carbocycles. The minimum absolute atomic E-state index is 0.238. The Hall–Kier alpha value is -0.830. The first kappa shape index (κ1) is 17.2. The van der Waals surface area contributed by atoms with Gasteiger partial charge >= 0.3 is 12.1 Å². The van der Waals surface area contributed by atoms with Gasteiger partial charge in [0.2, 0.25) is 10.0 Å². The number of hydrogen-bond donors (Lipinski definition) is 1. The molecule has 1 aliphatic heterocycles. The van der Waals surface area contributed by atoms with Crippen LogP contribution in [0.4, 0.5) is 13.2 Å². The molecule has 1 aliphatic rings. The summed E-state index contributed by atoms with van der Waals surface area (Å²) in [6.45, 7) is 0.478. The second-order valence-electron chi connectivity index (χ2n) is 4.93. The predicted octanol–water partition coefficient (Wildman–Crippen LogP) is 1.70. The maximum atomic E-state index is 12.8. The fraction of sp³-hybridized carbons (Fsp3) is 0.909. The van der Waals surface area contributed by atoms with E-state index in [1.807, 2.05) is 6.92 Å².